The minimum absolute atomic E-state index is 0.130. The Balaban J connectivity index is 3.52. The van der Waals surface area contributed by atoms with Crippen molar-refractivity contribution >= 4 is 21.7 Å². The van der Waals surface area contributed by atoms with Gasteiger partial charge in [-0.25, -0.2) is 18.4 Å². The molecule has 0 aromatic heterocycles. The lowest BCUT2D eigenvalue weighted by Gasteiger charge is -2.19. The lowest BCUT2D eigenvalue weighted by molar-refractivity contribution is -0.385. The summed E-state index contributed by atoms with van der Waals surface area (Å²) in [5.74, 6) is -0.865. The zero-order valence-corrected chi connectivity index (χ0v) is 12.9. The first kappa shape index (κ1) is 17.1. The number of nitrogens with zero attached hydrogens (tertiary/aromatic N) is 1. The Kier molecular flexibility index (Phi) is 4.40. The number of ether oxygens (including phenoxy) is 1. The molecule has 116 valence electrons. The van der Waals surface area contributed by atoms with E-state index in [-0.39, 0.29) is 11.1 Å². The lowest BCUT2D eigenvalue weighted by atomic mass is 10.1. The Morgan fingerprint density at radius 2 is 1.86 bits per heavy atom. The molecule has 0 saturated heterocycles. The van der Waals surface area contributed by atoms with Gasteiger partial charge >= 0.3 is 5.97 Å². The van der Waals surface area contributed by atoms with Crippen molar-refractivity contribution in [3.05, 3.63) is 33.4 Å². The van der Waals surface area contributed by atoms with E-state index >= 15 is 0 Å². The molecule has 0 heterocycles. The summed E-state index contributed by atoms with van der Waals surface area (Å²) in [4.78, 5) is 21.7. The van der Waals surface area contributed by atoms with Crippen molar-refractivity contribution in [2.75, 3.05) is 0 Å². The highest BCUT2D eigenvalue weighted by molar-refractivity contribution is 7.89. The molecular formula is C12H16N2O6S. The summed E-state index contributed by atoms with van der Waals surface area (Å²) in [6.07, 6.45) is 0. The fourth-order valence-electron chi connectivity index (χ4n) is 1.61. The van der Waals surface area contributed by atoms with Crippen LogP contribution in [-0.4, -0.2) is 24.9 Å². The Hall–Kier alpha value is -2.00. The number of nitrogens with two attached hydrogens (primary N) is 1. The predicted molar refractivity (Wildman–Crippen MR) is 74.4 cm³/mol. The number of nitro groups is 1. The van der Waals surface area contributed by atoms with Crippen LogP contribution in [0.3, 0.4) is 0 Å². The molecule has 2 N–H and O–H groups in total. The van der Waals surface area contributed by atoms with Crippen LogP contribution >= 0.6 is 0 Å². The van der Waals surface area contributed by atoms with E-state index in [9.17, 15) is 23.3 Å². The number of nitro benzene ring substituents is 1. The minimum Gasteiger partial charge on any atom is -0.456 e. The highest BCUT2D eigenvalue weighted by Gasteiger charge is 2.26. The smallest absolute Gasteiger partial charge is 0.338 e. The van der Waals surface area contributed by atoms with Crippen LogP contribution < -0.4 is 5.14 Å². The standard InChI is InChI=1S/C12H16N2O6S/c1-7-9(14(16)17)5-8(6-10(7)21(13,18)19)11(15)20-12(2,3)4/h5-6H,1-4H3,(H2,13,18,19). The normalized spacial score (nSPS) is 12.0. The van der Waals surface area contributed by atoms with E-state index in [2.05, 4.69) is 0 Å². The van der Waals surface area contributed by atoms with Crippen LogP contribution in [-0.2, 0) is 14.8 Å². The molecule has 1 aromatic rings. The van der Waals surface area contributed by atoms with Crippen molar-refractivity contribution in [1.29, 1.82) is 0 Å². The van der Waals surface area contributed by atoms with Crippen LogP contribution in [0.5, 0.6) is 0 Å². The van der Waals surface area contributed by atoms with Crippen molar-refractivity contribution in [3.63, 3.8) is 0 Å². The Morgan fingerprint density at radius 1 is 1.33 bits per heavy atom. The van der Waals surface area contributed by atoms with Gasteiger partial charge in [-0.15, -0.1) is 0 Å². The van der Waals surface area contributed by atoms with Crippen LogP contribution in [0, 0.1) is 17.0 Å². The summed E-state index contributed by atoms with van der Waals surface area (Å²) in [5, 5.41) is 16.0. The number of carbonyl (C=O) groups excluding carboxylic acids is 1. The minimum atomic E-state index is -4.20. The average Bonchev–Trinajstić information content (AvgIpc) is 2.24. The van der Waals surface area contributed by atoms with E-state index in [1.54, 1.807) is 20.8 Å². The summed E-state index contributed by atoms with van der Waals surface area (Å²) in [7, 11) is -4.20. The summed E-state index contributed by atoms with van der Waals surface area (Å²) in [6, 6.07) is 1.95. The second kappa shape index (κ2) is 5.41. The van der Waals surface area contributed by atoms with E-state index in [0.29, 0.717) is 0 Å². The van der Waals surface area contributed by atoms with Crippen LogP contribution in [0.25, 0.3) is 0 Å². The fourth-order valence-corrected chi connectivity index (χ4v) is 2.44. The molecule has 8 nitrogen and oxygen atoms in total. The summed E-state index contributed by atoms with van der Waals surface area (Å²) in [5.41, 5.74) is -1.71. The average molecular weight is 316 g/mol. The number of primary sulfonamides is 1. The topological polar surface area (TPSA) is 130 Å². The molecule has 0 unspecified atom stereocenters. The lowest BCUT2D eigenvalue weighted by Crippen LogP contribution is -2.24. The van der Waals surface area contributed by atoms with Gasteiger partial charge in [0, 0.05) is 11.6 Å². The Bertz CT molecular complexity index is 703. The number of hydrogen-bond donors (Lipinski definition) is 1. The largest absolute Gasteiger partial charge is 0.456 e. The Labute approximate surface area is 122 Å². The van der Waals surface area contributed by atoms with Gasteiger partial charge in [0.15, 0.2) is 0 Å². The highest BCUT2D eigenvalue weighted by Crippen LogP contribution is 2.27. The monoisotopic (exact) mass is 316 g/mol. The first-order valence-electron chi connectivity index (χ1n) is 5.88. The van der Waals surface area contributed by atoms with Gasteiger partial charge in [-0.3, -0.25) is 10.1 Å². The van der Waals surface area contributed by atoms with Crippen LogP contribution in [0.4, 0.5) is 5.69 Å². The SMILES string of the molecule is Cc1c([N+](=O)[O-])cc(C(=O)OC(C)(C)C)cc1S(N)(=O)=O. The summed E-state index contributed by atoms with van der Waals surface area (Å²) < 4.78 is 28.1. The van der Waals surface area contributed by atoms with Gasteiger partial charge in [-0.1, -0.05) is 0 Å². The molecule has 0 spiro atoms. The maximum atomic E-state index is 11.9. The van der Waals surface area contributed by atoms with E-state index < -0.39 is 37.1 Å². The van der Waals surface area contributed by atoms with E-state index in [4.69, 9.17) is 9.88 Å². The molecular weight excluding hydrogens is 300 g/mol. The third kappa shape index (κ3) is 4.23. The zero-order chi connectivity index (χ0) is 16.6. The summed E-state index contributed by atoms with van der Waals surface area (Å²) >= 11 is 0. The molecule has 0 radical (unpaired) electrons. The van der Waals surface area contributed by atoms with E-state index in [0.717, 1.165) is 12.1 Å². The molecule has 0 fully saturated rings. The van der Waals surface area contributed by atoms with Crippen molar-refractivity contribution in [3.8, 4) is 0 Å². The second-order valence-electron chi connectivity index (χ2n) is 5.42. The molecule has 21 heavy (non-hydrogen) atoms. The highest BCUT2D eigenvalue weighted by atomic mass is 32.2. The van der Waals surface area contributed by atoms with Crippen LogP contribution in [0.15, 0.2) is 17.0 Å². The molecule has 1 aromatic carbocycles. The second-order valence-corrected chi connectivity index (χ2v) is 6.95. The zero-order valence-electron chi connectivity index (χ0n) is 12.0. The van der Waals surface area contributed by atoms with Gasteiger partial charge in [0.25, 0.3) is 5.69 Å². The first-order valence-corrected chi connectivity index (χ1v) is 7.43. The molecule has 0 atom stereocenters. The first-order chi connectivity index (χ1) is 9.33. The molecule has 1 rings (SSSR count). The van der Waals surface area contributed by atoms with Crippen LogP contribution in [0.2, 0.25) is 0 Å². The number of rotatable bonds is 3. The van der Waals surface area contributed by atoms with Gasteiger partial charge in [0.2, 0.25) is 10.0 Å². The van der Waals surface area contributed by atoms with Gasteiger partial charge in [0.05, 0.1) is 15.4 Å². The van der Waals surface area contributed by atoms with Gasteiger partial charge < -0.3 is 4.74 Å². The number of hydrogen-bond acceptors (Lipinski definition) is 6. The van der Waals surface area contributed by atoms with Gasteiger partial charge in [0.1, 0.15) is 5.60 Å². The molecule has 0 bridgehead atoms. The third-order valence-corrected chi connectivity index (χ3v) is 3.51. The van der Waals surface area contributed by atoms with Gasteiger partial charge in [-0.05, 0) is 33.8 Å². The molecule has 0 aliphatic heterocycles. The van der Waals surface area contributed by atoms with Crippen molar-refractivity contribution in [2.24, 2.45) is 5.14 Å². The molecule has 0 amide bonds. The van der Waals surface area contributed by atoms with Crippen molar-refractivity contribution in [2.45, 2.75) is 38.2 Å². The third-order valence-electron chi connectivity index (χ3n) is 2.47. The number of carbonyl (C=O) groups is 1. The summed E-state index contributed by atoms with van der Waals surface area (Å²) in [6.45, 7) is 6.10. The molecule has 9 heteroatoms. The van der Waals surface area contributed by atoms with Crippen LogP contribution in [0.1, 0.15) is 36.7 Å². The van der Waals surface area contributed by atoms with E-state index in [1.807, 2.05) is 0 Å². The van der Waals surface area contributed by atoms with Crippen molar-refractivity contribution < 1.29 is 22.9 Å². The molecule has 0 aliphatic carbocycles. The fraction of sp³-hybridized carbons (Fsp3) is 0.417. The quantitative estimate of drug-likeness (QED) is 0.511. The number of esters is 1. The molecule has 0 saturated carbocycles. The maximum Gasteiger partial charge on any atom is 0.338 e. The van der Waals surface area contributed by atoms with Crippen molar-refractivity contribution in [1.82, 2.24) is 0 Å². The number of sulfonamides is 1. The molecule has 0 aliphatic rings. The predicted octanol–water partition coefficient (Wildman–Crippen LogP) is 1.51. The number of benzene rings is 1. The Morgan fingerprint density at radius 3 is 2.24 bits per heavy atom. The van der Waals surface area contributed by atoms with E-state index in [1.165, 1.54) is 6.92 Å². The van der Waals surface area contributed by atoms with Gasteiger partial charge in [-0.2, -0.15) is 0 Å². The maximum absolute atomic E-state index is 11.9.